The van der Waals surface area contributed by atoms with Gasteiger partial charge in [-0.2, -0.15) is 0 Å². The van der Waals surface area contributed by atoms with Crippen LogP contribution in [0.4, 0.5) is 0 Å². The molecule has 0 amide bonds. The standard InChI is InChI=1S/C26H28N2O2/c1-25(2,3)18-7-10-22-20(13-18)24(30)17(15-27-22)14-26(4,5)19-8-9-21-16(12-19)6-11-23(29)28-21/h6-13,15H,14H2,1-5H3,(H,27,30)(H,28,29). The fourth-order valence-electron chi connectivity index (χ4n) is 4.01. The van der Waals surface area contributed by atoms with Gasteiger partial charge >= 0.3 is 0 Å². The molecule has 30 heavy (non-hydrogen) atoms. The highest BCUT2D eigenvalue weighted by atomic mass is 16.1. The van der Waals surface area contributed by atoms with Crippen molar-refractivity contribution in [1.82, 2.24) is 9.97 Å². The summed E-state index contributed by atoms with van der Waals surface area (Å²) in [5, 5.41) is 1.73. The van der Waals surface area contributed by atoms with Crippen molar-refractivity contribution in [1.29, 1.82) is 0 Å². The fourth-order valence-corrected chi connectivity index (χ4v) is 4.01. The molecule has 0 aliphatic carbocycles. The van der Waals surface area contributed by atoms with Crippen molar-refractivity contribution in [3.8, 4) is 0 Å². The third-order valence-corrected chi connectivity index (χ3v) is 5.96. The van der Waals surface area contributed by atoms with Gasteiger partial charge in [0, 0.05) is 34.2 Å². The zero-order chi connectivity index (χ0) is 21.7. The molecule has 0 radical (unpaired) electrons. The van der Waals surface area contributed by atoms with Gasteiger partial charge in [-0.05, 0) is 64.1 Å². The average Bonchev–Trinajstić information content (AvgIpc) is 2.68. The molecule has 4 nitrogen and oxygen atoms in total. The highest BCUT2D eigenvalue weighted by Crippen LogP contribution is 2.30. The maximum atomic E-state index is 13.3. The highest BCUT2D eigenvalue weighted by molar-refractivity contribution is 5.80. The Hall–Kier alpha value is -3.14. The Morgan fingerprint density at radius 2 is 1.50 bits per heavy atom. The molecule has 2 N–H and O–H groups in total. The topological polar surface area (TPSA) is 65.7 Å². The number of aromatic amines is 2. The van der Waals surface area contributed by atoms with Crippen LogP contribution >= 0.6 is 0 Å². The van der Waals surface area contributed by atoms with E-state index in [-0.39, 0.29) is 21.8 Å². The maximum absolute atomic E-state index is 13.3. The zero-order valence-corrected chi connectivity index (χ0v) is 18.2. The number of pyridine rings is 2. The Bertz CT molecular complexity index is 1370. The molecule has 0 aliphatic heterocycles. The third-order valence-electron chi connectivity index (χ3n) is 5.96. The van der Waals surface area contributed by atoms with Gasteiger partial charge in [0.1, 0.15) is 0 Å². The Labute approximate surface area is 176 Å². The highest BCUT2D eigenvalue weighted by Gasteiger charge is 2.24. The molecule has 4 heteroatoms. The average molecular weight is 401 g/mol. The molecule has 4 rings (SSSR count). The Kier molecular flexibility index (Phi) is 4.69. The van der Waals surface area contributed by atoms with Crippen LogP contribution in [0, 0.1) is 0 Å². The minimum Gasteiger partial charge on any atom is -0.361 e. The molecule has 0 saturated heterocycles. The minimum atomic E-state index is -0.243. The molecule has 0 fully saturated rings. The van der Waals surface area contributed by atoms with Crippen LogP contribution in [0.15, 0.2) is 64.3 Å². The summed E-state index contributed by atoms with van der Waals surface area (Å²) in [4.78, 5) is 31.0. The summed E-state index contributed by atoms with van der Waals surface area (Å²) in [7, 11) is 0. The smallest absolute Gasteiger partial charge is 0.248 e. The predicted octanol–water partition coefficient (Wildman–Crippen LogP) is 5.19. The van der Waals surface area contributed by atoms with Gasteiger partial charge in [0.2, 0.25) is 5.56 Å². The second-order valence-electron chi connectivity index (χ2n) is 9.84. The van der Waals surface area contributed by atoms with Crippen molar-refractivity contribution in [3.63, 3.8) is 0 Å². The van der Waals surface area contributed by atoms with E-state index < -0.39 is 0 Å². The largest absolute Gasteiger partial charge is 0.361 e. The first-order valence-electron chi connectivity index (χ1n) is 10.3. The lowest BCUT2D eigenvalue weighted by atomic mass is 9.78. The van der Waals surface area contributed by atoms with E-state index in [0.29, 0.717) is 6.42 Å². The van der Waals surface area contributed by atoms with Gasteiger partial charge in [0.05, 0.1) is 0 Å². The number of hydrogen-bond acceptors (Lipinski definition) is 2. The van der Waals surface area contributed by atoms with Gasteiger partial charge in [-0.1, -0.05) is 46.8 Å². The van der Waals surface area contributed by atoms with E-state index in [0.717, 1.165) is 38.5 Å². The second kappa shape index (κ2) is 6.98. The van der Waals surface area contributed by atoms with E-state index in [1.165, 1.54) is 0 Å². The van der Waals surface area contributed by atoms with Crippen molar-refractivity contribution < 1.29 is 0 Å². The number of aromatic nitrogens is 2. The summed E-state index contributed by atoms with van der Waals surface area (Å²) in [5.41, 5.74) is 4.48. The fraction of sp³-hybridized carbons (Fsp3) is 0.308. The summed E-state index contributed by atoms with van der Waals surface area (Å²) in [5.74, 6) is 0. The Balaban J connectivity index is 1.75. The summed E-state index contributed by atoms with van der Waals surface area (Å²) < 4.78 is 0. The molecule has 0 atom stereocenters. The molecule has 2 heterocycles. The number of nitrogens with one attached hydrogen (secondary N) is 2. The molecule has 0 saturated carbocycles. The second-order valence-corrected chi connectivity index (χ2v) is 9.84. The van der Waals surface area contributed by atoms with Gasteiger partial charge in [-0.3, -0.25) is 9.59 Å². The van der Waals surface area contributed by atoms with Gasteiger partial charge < -0.3 is 9.97 Å². The molecule has 0 spiro atoms. The van der Waals surface area contributed by atoms with Gasteiger partial charge in [-0.15, -0.1) is 0 Å². The lowest BCUT2D eigenvalue weighted by Gasteiger charge is -2.26. The Morgan fingerprint density at radius 3 is 2.23 bits per heavy atom. The normalized spacial score (nSPS) is 12.6. The van der Waals surface area contributed by atoms with E-state index in [4.69, 9.17) is 0 Å². The lowest BCUT2D eigenvalue weighted by molar-refractivity contribution is 0.521. The molecule has 2 aromatic heterocycles. The van der Waals surface area contributed by atoms with Crippen LogP contribution < -0.4 is 11.0 Å². The van der Waals surface area contributed by atoms with E-state index >= 15 is 0 Å². The van der Waals surface area contributed by atoms with E-state index in [9.17, 15) is 9.59 Å². The summed E-state index contributed by atoms with van der Waals surface area (Å²) in [6, 6.07) is 15.6. The number of H-pyrrole nitrogens is 2. The monoisotopic (exact) mass is 400 g/mol. The number of fused-ring (bicyclic) bond motifs is 2. The number of benzene rings is 2. The molecular weight excluding hydrogens is 372 g/mol. The summed E-state index contributed by atoms with van der Waals surface area (Å²) >= 11 is 0. The first-order valence-corrected chi connectivity index (χ1v) is 10.3. The van der Waals surface area contributed by atoms with Crippen molar-refractivity contribution in [2.75, 3.05) is 0 Å². The number of rotatable bonds is 3. The minimum absolute atomic E-state index is 0.0119. The first kappa shape index (κ1) is 20.1. The van der Waals surface area contributed by atoms with Gasteiger partial charge in [-0.25, -0.2) is 0 Å². The summed E-state index contributed by atoms with van der Waals surface area (Å²) in [6.45, 7) is 10.8. The number of hydrogen-bond donors (Lipinski definition) is 2. The molecule has 0 aliphatic rings. The van der Waals surface area contributed by atoms with E-state index in [1.807, 2.05) is 36.5 Å². The molecule has 2 aromatic carbocycles. The Morgan fingerprint density at radius 1 is 0.800 bits per heavy atom. The van der Waals surface area contributed by atoms with Gasteiger partial charge in [0.15, 0.2) is 5.43 Å². The first-order chi connectivity index (χ1) is 14.0. The van der Waals surface area contributed by atoms with E-state index in [2.05, 4.69) is 56.7 Å². The van der Waals surface area contributed by atoms with Crippen LogP contribution in [0.2, 0.25) is 0 Å². The van der Waals surface area contributed by atoms with Crippen LogP contribution in [-0.2, 0) is 17.3 Å². The van der Waals surface area contributed by atoms with Crippen molar-refractivity contribution >= 4 is 21.8 Å². The quantitative estimate of drug-likeness (QED) is 0.497. The van der Waals surface area contributed by atoms with Crippen LogP contribution in [0.1, 0.15) is 51.3 Å². The zero-order valence-electron chi connectivity index (χ0n) is 18.2. The van der Waals surface area contributed by atoms with Crippen molar-refractivity contribution in [2.24, 2.45) is 0 Å². The van der Waals surface area contributed by atoms with Crippen LogP contribution in [0.3, 0.4) is 0 Å². The van der Waals surface area contributed by atoms with E-state index in [1.54, 1.807) is 6.07 Å². The third kappa shape index (κ3) is 3.70. The SMILES string of the molecule is CC(C)(C)c1ccc2[nH]cc(CC(C)(C)c3ccc4[nH]c(=O)ccc4c3)c(=O)c2c1. The lowest BCUT2D eigenvalue weighted by Crippen LogP contribution is -2.25. The molecular formula is C26H28N2O2. The van der Waals surface area contributed by atoms with Crippen molar-refractivity contribution in [3.05, 3.63) is 92.0 Å². The van der Waals surface area contributed by atoms with Crippen LogP contribution in [0.5, 0.6) is 0 Å². The predicted molar refractivity (Wildman–Crippen MR) is 125 cm³/mol. The molecule has 154 valence electrons. The van der Waals surface area contributed by atoms with Crippen molar-refractivity contribution in [2.45, 2.75) is 51.9 Å². The van der Waals surface area contributed by atoms with Crippen LogP contribution in [0.25, 0.3) is 21.8 Å². The molecule has 4 aromatic rings. The summed E-state index contributed by atoms with van der Waals surface area (Å²) in [6.07, 6.45) is 2.47. The van der Waals surface area contributed by atoms with Gasteiger partial charge in [0.25, 0.3) is 0 Å². The molecule has 0 bridgehead atoms. The van der Waals surface area contributed by atoms with Crippen LogP contribution in [-0.4, -0.2) is 9.97 Å². The molecule has 0 unspecified atom stereocenters. The maximum Gasteiger partial charge on any atom is 0.248 e.